The summed E-state index contributed by atoms with van der Waals surface area (Å²) >= 11 is 1.48. The lowest BCUT2D eigenvalue weighted by atomic mass is 10.1. The smallest absolute Gasteiger partial charge is 0.265 e. The molecule has 2 heterocycles. The fourth-order valence-corrected chi connectivity index (χ4v) is 4.37. The Balaban J connectivity index is 1.58. The lowest BCUT2D eigenvalue weighted by molar-refractivity contribution is -0.112. The largest absolute Gasteiger partial charge is 0.496 e. The quantitative estimate of drug-likeness (QED) is 0.731. The fraction of sp³-hybridized carbons (Fsp3) is 0.524. The molecule has 152 valence electrons. The van der Waals surface area contributed by atoms with Gasteiger partial charge in [0.05, 0.1) is 17.9 Å². The minimum Gasteiger partial charge on any atom is -0.496 e. The van der Waals surface area contributed by atoms with Crippen LogP contribution >= 0.6 is 11.8 Å². The van der Waals surface area contributed by atoms with E-state index in [1.54, 1.807) is 25.1 Å². The summed E-state index contributed by atoms with van der Waals surface area (Å²) in [4.78, 5) is 28.3. The van der Waals surface area contributed by atoms with Crippen LogP contribution in [0.2, 0.25) is 0 Å². The van der Waals surface area contributed by atoms with Crippen molar-refractivity contribution in [1.29, 1.82) is 0 Å². The number of nitrogens with one attached hydrogen (secondary N) is 2. The first-order valence-corrected chi connectivity index (χ1v) is 10.9. The Morgan fingerprint density at radius 2 is 1.96 bits per heavy atom. The highest BCUT2D eigenvalue weighted by Crippen LogP contribution is 2.27. The molecule has 0 saturated carbocycles. The highest BCUT2D eigenvalue weighted by molar-refractivity contribution is 8.04. The zero-order chi connectivity index (χ0) is 19.9. The summed E-state index contributed by atoms with van der Waals surface area (Å²) in [5.74, 6) is 0.983. The lowest BCUT2D eigenvalue weighted by Gasteiger charge is -2.23. The van der Waals surface area contributed by atoms with E-state index in [9.17, 15) is 9.59 Å². The van der Waals surface area contributed by atoms with Crippen molar-refractivity contribution in [3.8, 4) is 0 Å². The van der Waals surface area contributed by atoms with E-state index in [-0.39, 0.29) is 11.8 Å². The van der Waals surface area contributed by atoms with Gasteiger partial charge in [0, 0.05) is 18.3 Å². The molecule has 0 bridgehead atoms. The summed E-state index contributed by atoms with van der Waals surface area (Å²) < 4.78 is 5.46. The van der Waals surface area contributed by atoms with Gasteiger partial charge in [0.2, 0.25) is 0 Å². The molecule has 6 nitrogen and oxygen atoms in total. The molecular formula is C21H29N3O3S. The van der Waals surface area contributed by atoms with Gasteiger partial charge in [0.1, 0.15) is 10.7 Å². The second-order valence-corrected chi connectivity index (χ2v) is 8.32. The molecule has 7 heteroatoms. The third kappa shape index (κ3) is 5.29. The van der Waals surface area contributed by atoms with Gasteiger partial charge in [-0.3, -0.25) is 9.59 Å². The Morgan fingerprint density at radius 1 is 1.21 bits per heavy atom. The topological polar surface area (TPSA) is 70.7 Å². The van der Waals surface area contributed by atoms with Crippen molar-refractivity contribution in [3.05, 3.63) is 40.5 Å². The minimum absolute atomic E-state index is 0.164. The number of para-hydroxylation sites is 1. The molecule has 1 fully saturated rings. The van der Waals surface area contributed by atoms with Crippen LogP contribution in [0.25, 0.3) is 0 Å². The number of likely N-dealkylation sites (tertiary alicyclic amines) is 1. The Labute approximate surface area is 171 Å². The number of hydrogen-bond donors (Lipinski definition) is 2. The predicted octanol–water partition coefficient (Wildman–Crippen LogP) is 3.22. The number of hydrogen-bond acceptors (Lipinski definition) is 5. The number of ether oxygens (including phenoxy) is 1. The van der Waals surface area contributed by atoms with Crippen molar-refractivity contribution < 1.29 is 14.3 Å². The number of carbonyl (C=O) groups is 2. The Kier molecular flexibility index (Phi) is 7.39. The van der Waals surface area contributed by atoms with Gasteiger partial charge in [-0.1, -0.05) is 12.1 Å². The summed E-state index contributed by atoms with van der Waals surface area (Å²) in [5, 5.41) is 5.87. The number of rotatable bonds is 7. The number of amides is 2. The molecule has 2 aliphatic rings. The Hall–Kier alpha value is -1.99. The van der Waals surface area contributed by atoms with E-state index in [2.05, 4.69) is 22.5 Å². The van der Waals surface area contributed by atoms with Crippen LogP contribution in [0.5, 0.6) is 0 Å². The van der Waals surface area contributed by atoms with Crippen LogP contribution in [-0.2, 0) is 9.53 Å². The van der Waals surface area contributed by atoms with Crippen molar-refractivity contribution >= 4 is 29.3 Å². The summed E-state index contributed by atoms with van der Waals surface area (Å²) in [6.07, 6.45) is 3.45. The maximum absolute atomic E-state index is 12.7. The molecule has 1 unspecified atom stereocenters. The summed E-state index contributed by atoms with van der Waals surface area (Å²) in [7, 11) is 0. The first-order chi connectivity index (χ1) is 13.6. The molecular weight excluding hydrogens is 374 g/mol. The van der Waals surface area contributed by atoms with Gasteiger partial charge < -0.3 is 20.3 Å². The second kappa shape index (κ2) is 9.98. The molecule has 1 aromatic rings. The van der Waals surface area contributed by atoms with Crippen molar-refractivity contribution in [2.24, 2.45) is 0 Å². The molecule has 1 saturated heterocycles. The van der Waals surface area contributed by atoms with E-state index in [1.165, 1.54) is 24.6 Å². The summed E-state index contributed by atoms with van der Waals surface area (Å²) in [6, 6.07) is 7.58. The number of allylic oxidation sites excluding steroid dienone is 1. The average Bonchev–Trinajstić information content (AvgIpc) is 3.23. The van der Waals surface area contributed by atoms with Crippen LogP contribution in [0, 0.1) is 0 Å². The van der Waals surface area contributed by atoms with E-state index in [0.717, 1.165) is 25.3 Å². The molecule has 1 atom stereocenters. The predicted molar refractivity (Wildman–Crippen MR) is 113 cm³/mol. The van der Waals surface area contributed by atoms with Gasteiger partial charge in [-0.15, -0.1) is 11.8 Å². The maximum atomic E-state index is 12.7. The third-order valence-corrected chi connectivity index (χ3v) is 6.34. The van der Waals surface area contributed by atoms with Gasteiger partial charge in [-0.2, -0.15) is 0 Å². The van der Waals surface area contributed by atoms with Gasteiger partial charge in [-0.25, -0.2) is 0 Å². The minimum atomic E-state index is -0.231. The highest BCUT2D eigenvalue weighted by atomic mass is 32.2. The van der Waals surface area contributed by atoms with Crippen LogP contribution in [0.1, 0.15) is 43.5 Å². The van der Waals surface area contributed by atoms with Crippen molar-refractivity contribution in [2.45, 2.75) is 39.2 Å². The standard InChI is InChI=1S/C21H29N3O3S/c1-15(24-11-5-6-12-24)9-10-22-20(25)17-7-3-4-8-18(17)23-21(26)19-16(2)27-13-14-28-19/h3-4,7-8,15H,5-6,9-14H2,1-2H3,(H,22,25)(H,23,26). The molecule has 2 aliphatic heterocycles. The van der Waals surface area contributed by atoms with E-state index < -0.39 is 0 Å². The molecule has 2 amide bonds. The number of thioether (sulfide) groups is 1. The summed E-state index contributed by atoms with van der Waals surface area (Å²) in [6.45, 7) is 7.55. The molecule has 1 aromatic carbocycles. The highest BCUT2D eigenvalue weighted by Gasteiger charge is 2.21. The summed E-state index contributed by atoms with van der Waals surface area (Å²) in [5.41, 5.74) is 0.994. The van der Waals surface area contributed by atoms with Crippen LogP contribution in [0.4, 0.5) is 5.69 Å². The molecule has 2 N–H and O–H groups in total. The first-order valence-electron chi connectivity index (χ1n) is 9.95. The van der Waals surface area contributed by atoms with Crippen molar-refractivity contribution in [2.75, 3.05) is 37.3 Å². The molecule has 0 spiro atoms. The average molecular weight is 404 g/mol. The first kappa shape index (κ1) is 20.7. The van der Waals surface area contributed by atoms with Crippen LogP contribution in [0.15, 0.2) is 34.9 Å². The lowest BCUT2D eigenvalue weighted by Crippen LogP contribution is -2.34. The van der Waals surface area contributed by atoms with Crippen molar-refractivity contribution in [3.63, 3.8) is 0 Å². The molecule has 0 aromatic heterocycles. The van der Waals surface area contributed by atoms with E-state index >= 15 is 0 Å². The molecule has 0 aliphatic carbocycles. The zero-order valence-electron chi connectivity index (χ0n) is 16.6. The Morgan fingerprint density at radius 3 is 2.71 bits per heavy atom. The Bertz CT molecular complexity index is 744. The van der Waals surface area contributed by atoms with E-state index in [1.807, 2.05) is 6.07 Å². The van der Waals surface area contributed by atoms with Crippen LogP contribution in [0.3, 0.4) is 0 Å². The van der Waals surface area contributed by atoms with E-state index in [4.69, 9.17) is 4.74 Å². The maximum Gasteiger partial charge on any atom is 0.265 e. The number of anilines is 1. The van der Waals surface area contributed by atoms with E-state index in [0.29, 0.717) is 41.1 Å². The SMILES string of the molecule is CC1=C(C(=O)Nc2ccccc2C(=O)NCCC(C)N2CCCC2)SCCO1. The van der Waals surface area contributed by atoms with Crippen LogP contribution in [-0.4, -0.2) is 54.8 Å². The number of carbonyl (C=O) groups excluding carboxylic acids is 2. The molecule has 28 heavy (non-hydrogen) atoms. The zero-order valence-corrected chi connectivity index (χ0v) is 17.4. The van der Waals surface area contributed by atoms with Gasteiger partial charge in [0.25, 0.3) is 11.8 Å². The fourth-order valence-electron chi connectivity index (χ4n) is 3.56. The second-order valence-electron chi connectivity index (χ2n) is 7.22. The van der Waals surface area contributed by atoms with Gasteiger partial charge >= 0.3 is 0 Å². The molecule has 0 radical (unpaired) electrons. The normalized spacial score (nSPS) is 18.5. The van der Waals surface area contributed by atoms with Gasteiger partial charge in [-0.05, 0) is 58.3 Å². The van der Waals surface area contributed by atoms with Gasteiger partial charge in [0.15, 0.2) is 0 Å². The monoisotopic (exact) mass is 403 g/mol. The third-order valence-electron chi connectivity index (χ3n) is 5.21. The number of benzene rings is 1. The molecule has 3 rings (SSSR count). The van der Waals surface area contributed by atoms with Crippen molar-refractivity contribution in [1.82, 2.24) is 10.2 Å². The number of nitrogens with zero attached hydrogens (tertiary/aromatic N) is 1. The van der Waals surface area contributed by atoms with Crippen LogP contribution < -0.4 is 10.6 Å².